The molecule has 1 nitrogen and oxygen atoms in total. The van der Waals surface area contributed by atoms with Gasteiger partial charge in [-0.2, -0.15) is 0 Å². The van der Waals surface area contributed by atoms with Gasteiger partial charge in [0.25, 0.3) is 5.92 Å². The van der Waals surface area contributed by atoms with Gasteiger partial charge >= 0.3 is 0 Å². The fraction of sp³-hybridized carbons (Fsp3) is 1.00. The minimum atomic E-state index is -3.11. The quantitative estimate of drug-likeness (QED) is 0.628. The highest BCUT2D eigenvalue weighted by molar-refractivity contribution is 4.94. The van der Waals surface area contributed by atoms with Gasteiger partial charge in [0.15, 0.2) is 0 Å². The van der Waals surface area contributed by atoms with E-state index in [2.05, 4.69) is 0 Å². The first-order valence-electron chi connectivity index (χ1n) is 3.33. The van der Waals surface area contributed by atoms with E-state index in [1.807, 2.05) is 0 Å². The number of hydrogen-bond acceptors (Lipinski definition) is 1. The minimum absolute atomic E-state index is 0.725. The van der Waals surface area contributed by atoms with Gasteiger partial charge in [-0.05, 0) is 0 Å². The third-order valence-electron chi connectivity index (χ3n) is 1.96. The molecule has 5 heteroatoms. The summed E-state index contributed by atoms with van der Waals surface area (Å²) in [5.74, 6) is -7.22. The fourth-order valence-electron chi connectivity index (χ4n) is 1.13. The van der Waals surface area contributed by atoms with Gasteiger partial charge in [-0.25, -0.2) is 17.6 Å². The molecule has 0 aromatic carbocycles. The lowest BCUT2D eigenvalue weighted by molar-refractivity contribution is -0.189. The predicted octanol–water partition coefficient (Wildman–Crippen LogP) is 1.63. The molecule has 1 saturated carbocycles. The van der Waals surface area contributed by atoms with E-state index in [4.69, 9.17) is 5.73 Å². The molecule has 2 N–H and O–H groups in total. The summed E-state index contributed by atoms with van der Waals surface area (Å²) in [6.07, 6.45) is -1.45. The predicted molar refractivity (Wildman–Crippen MR) is 31.7 cm³/mol. The second kappa shape index (κ2) is 2.33. The molecule has 0 spiro atoms. The van der Waals surface area contributed by atoms with Gasteiger partial charge in [0, 0.05) is 18.8 Å². The number of hydrogen-bond donors (Lipinski definition) is 1. The van der Waals surface area contributed by atoms with Crippen LogP contribution in [0.25, 0.3) is 0 Å². The lowest BCUT2D eigenvalue weighted by Gasteiger charge is -2.39. The summed E-state index contributed by atoms with van der Waals surface area (Å²) in [5, 5.41) is 0. The zero-order chi connectivity index (χ0) is 8.70. The summed E-state index contributed by atoms with van der Waals surface area (Å²) in [6.45, 7) is -0.840. The summed E-state index contributed by atoms with van der Waals surface area (Å²) in [5.41, 5.74) is 4.71. The molecule has 0 radical (unpaired) electrons. The SMILES string of the molecule is NCC(F)(F)C1CC(F)(F)C1. The van der Waals surface area contributed by atoms with E-state index in [-0.39, 0.29) is 0 Å². The van der Waals surface area contributed by atoms with Crippen LogP contribution in [0.2, 0.25) is 0 Å². The Labute approximate surface area is 61.6 Å². The highest BCUT2D eigenvalue weighted by Crippen LogP contribution is 2.49. The molecule has 0 heterocycles. The Morgan fingerprint density at radius 2 is 1.82 bits per heavy atom. The lowest BCUT2D eigenvalue weighted by atomic mass is 9.77. The van der Waals surface area contributed by atoms with Crippen molar-refractivity contribution in [2.75, 3.05) is 6.54 Å². The Morgan fingerprint density at radius 1 is 1.36 bits per heavy atom. The molecule has 0 amide bonds. The molecular weight excluding hydrogens is 162 g/mol. The van der Waals surface area contributed by atoms with Crippen molar-refractivity contribution in [3.63, 3.8) is 0 Å². The van der Waals surface area contributed by atoms with Crippen LogP contribution in [-0.4, -0.2) is 18.4 Å². The third kappa shape index (κ3) is 1.64. The average molecular weight is 171 g/mol. The van der Waals surface area contributed by atoms with Crippen molar-refractivity contribution in [3.8, 4) is 0 Å². The van der Waals surface area contributed by atoms with Crippen LogP contribution in [0, 0.1) is 5.92 Å². The van der Waals surface area contributed by atoms with Crippen molar-refractivity contribution in [2.45, 2.75) is 24.7 Å². The highest BCUT2D eigenvalue weighted by Gasteiger charge is 2.55. The first-order valence-corrected chi connectivity index (χ1v) is 3.33. The van der Waals surface area contributed by atoms with E-state index in [1.165, 1.54) is 0 Å². The summed E-state index contributed by atoms with van der Waals surface area (Å²) in [4.78, 5) is 0. The van der Waals surface area contributed by atoms with E-state index in [0.717, 1.165) is 0 Å². The molecule has 0 aromatic heterocycles. The fourth-order valence-corrected chi connectivity index (χ4v) is 1.13. The molecular formula is C6H9F4N. The molecule has 1 aliphatic rings. The van der Waals surface area contributed by atoms with Crippen LogP contribution >= 0.6 is 0 Å². The van der Waals surface area contributed by atoms with Gasteiger partial charge in [0.2, 0.25) is 5.92 Å². The van der Waals surface area contributed by atoms with E-state index >= 15 is 0 Å². The van der Waals surface area contributed by atoms with Crippen LogP contribution in [0.3, 0.4) is 0 Å². The van der Waals surface area contributed by atoms with Gasteiger partial charge in [-0.3, -0.25) is 0 Å². The van der Waals surface area contributed by atoms with Gasteiger partial charge < -0.3 is 5.73 Å². The maximum atomic E-state index is 12.5. The topological polar surface area (TPSA) is 26.0 Å². The van der Waals surface area contributed by atoms with E-state index in [1.54, 1.807) is 0 Å². The normalized spacial score (nSPS) is 24.8. The van der Waals surface area contributed by atoms with Crippen molar-refractivity contribution < 1.29 is 17.6 Å². The molecule has 11 heavy (non-hydrogen) atoms. The van der Waals surface area contributed by atoms with Gasteiger partial charge in [0.1, 0.15) is 0 Å². The Morgan fingerprint density at radius 3 is 2.09 bits per heavy atom. The first-order chi connectivity index (χ1) is 4.87. The largest absolute Gasteiger partial charge is 0.325 e. The Bertz CT molecular complexity index is 149. The number of alkyl halides is 4. The maximum Gasteiger partial charge on any atom is 0.263 e. The van der Waals surface area contributed by atoms with Crippen LogP contribution in [0.1, 0.15) is 12.8 Å². The monoisotopic (exact) mass is 171 g/mol. The summed E-state index contributed by atoms with van der Waals surface area (Å²) in [6, 6.07) is 0. The standard InChI is InChI=1S/C6H9F4N/c7-5(8)1-4(2-5)6(9,10)3-11/h4H,1-3,11H2. The van der Waals surface area contributed by atoms with Crippen LogP contribution in [0.15, 0.2) is 0 Å². The number of halogens is 4. The van der Waals surface area contributed by atoms with Crippen LogP contribution in [0.4, 0.5) is 17.6 Å². The number of nitrogens with two attached hydrogens (primary N) is 1. The highest BCUT2D eigenvalue weighted by atomic mass is 19.3. The van der Waals surface area contributed by atoms with Gasteiger partial charge in [-0.1, -0.05) is 0 Å². The van der Waals surface area contributed by atoms with Crippen molar-refractivity contribution in [1.82, 2.24) is 0 Å². The van der Waals surface area contributed by atoms with Crippen LogP contribution < -0.4 is 5.73 Å². The molecule has 0 aliphatic heterocycles. The summed E-state index contributed by atoms with van der Waals surface area (Å²) >= 11 is 0. The molecule has 66 valence electrons. The smallest absolute Gasteiger partial charge is 0.263 e. The molecule has 1 fully saturated rings. The Hall–Kier alpha value is -0.320. The minimum Gasteiger partial charge on any atom is -0.325 e. The molecule has 0 aromatic rings. The first kappa shape index (κ1) is 8.77. The van der Waals surface area contributed by atoms with Gasteiger partial charge in [0.05, 0.1) is 6.54 Å². The lowest BCUT2D eigenvalue weighted by Crippen LogP contribution is -2.49. The van der Waals surface area contributed by atoms with E-state index in [0.29, 0.717) is 0 Å². The van der Waals surface area contributed by atoms with Crippen molar-refractivity contribution in [1.29, 1.82) is 0 Å². The summed E-state index contributed by atoms with van der Waals surface area (Å²) < 4.78 is 49.1. The van der Waals surface area contributed by atoms with Crippen LogP contribution in [0.5, 0.6) is 0 Å². The van der Waals surface area contributed by atoms with Crippen LogP contribution in [-0.2, 0) is 0 Å². The van der Waals surface area contributed by atoms with Crippen molar-refractivity contribution in [3.05, 3.63) is 0 Å². The zero-order valence-electron chi connectivity index (χ0n) is 5.79. The second-order valence-electron chi connectivity index (χ2n) is 2.93. The van der Waals surface area contributed by atoms with E-state index in [9.17, 15) is 17.6 Å². The maximum absolute atomic E-state index is 12.5. The molecule has 0 unspecified atom stereocenters. The Kier molecular flexibility index (Phi) is 1.86. The van der Waals surface area contributed by atoms with E-state index < -0.39 is 37.1 Å². The number of rotatable bonds is 2. The van der Waals surface area contributed by atoms with Crippen molar-refractivity contribution >= 4 is 0 Å². The second-order valence-corrected chi connectivity index (χ2v) is 2.93. The molecule has 0 bridgehead atoms. The molecule has 1 rings (SSSR count). The summed E-state index contributed by atoms with van der Waals surface area (Å²) in [7, 11) is 0. The Balaban J connectivity index is 2.43. The zero-order valence-corrected chi connectivity index (χ0v) is 5.79. The molecule has 1 aliphatic carbocycles. The molecule has 0 saturated heterocycles. The van der Waals surface area contributed by atoms with Gasteiger partial charge in [-0.15, -0.1) is 0 Å². The van der Waals surface area contributed by atoms with Crippen molar-refractivity contribution in [2.24, 2.45) is 11.7 Å². The molecule has 0 atom stereocenters. The average Bonchev–Trinajstić information content (AvgIpc) is 1.83. The third-order valence-corrected chi connectivity index (χ3v) is 1.96.